The topological polar surface area (TPSA) is 63.7 Å². The van der Waals surface area contributed by atoms with Crippen LogP contribution >= 0.6 is 0 Å². The van der Waals surface area contributed by atoms with E-state index in [0.29, 0.717) is 11.1 Å². The summed E-state index contributed by atoms with van der Waals surface area (Å²) in [5, 5.41) is 0. The summed E-state index contributed by atoms with van der Waals surface area (Å²) in [6.07, 6.45) is 1.22. The van der Waals surface area contributed by atoms with Crippen LogP contribution in [0.25, 0.3) is 0 Å². The van der Waals surface area contributed by atoms with Gasteiger partial charge in [0.25, 0.3) is 11.8 Å². The van der Waals surface area contributed by atoms with Crippen molar-refractivity contribution in [2.75, 3.05) is 6.61 Å². The largest absolute Gasteiger partial charge is 0.463 e. The Kier molecular flexibility index (Phi) is 3.46. The number of fused-ring (bicyclic) bond motifs is 1. The number of nitrogens with zero attached hydrogens (tertiary/aromatic N) is 1. The van der Waals surface area contributed by atoms with Crippen LogP contribution in [-0.2, 0) is 9.53 Å². The molecule has 0 unspecified atom stereocenters. The van der Waals surface area contributed by atoms with Crippen LogP contribution in [0.4, 0.5) is 0 Å². The molecule has 0 aromatic heterocycles. The van der Waals surface area contributed by atoms with Gasteiger partial charge >= 0.3 is 5.97 Å². The van der Waals surface area contributed by atoms with Crippen LogP contribution in [0.15, 0.2) is 36.0 Å². The van der Waals surface area contributed by atoms with Gasteiger partial charge in [-0.3, -0.25) is 9.59 Å². The van der Waals surface area contributed by atoms with E-state index in [1.165, 1.54) is 13.1 Å². The van der Waals surface area contributed by atoms with E-state index in [1.54, 1.807) is 31.2 Å². The Morgan fingerprint density at radius 1 is 1.21 bits per heavy atom. The summed E-state index contributed by atoms with van der Waals surface area (Å²) in [6, 6.07) is 6.55. The summed E-state index contributed by atoms with van der Waals surface area (Å²) in [4.78, 5) is 36.5. The van der Waals surface area contributed by atoms with Crippen molar-refractivity contribution in [3.63, 3.8) is 0 Å². The van der Waals surface area contributed by atoms with Crippen LogP contribution in [0, 0.1) is 0 Å². The van der Waals surface area contributed by atoms with Crippen molar-refractivity contribution in [2.45, 2.75) is 13.8 Å². The lowest BCUT2D eigenvalue weighted by atomic mass is 10.1. The second-order valence-corrected chi connectivity index (χ2v) is 4.06. The van der Waals surface area contributed by atoms with Crippen molar-refractivity contribution >= 4 is 17.8 Å². The molecule has 1 aromatic rings. The van der Waals surface area contributed by atoms with Gasteiger partial charge in [-0.05, 0) is 26.0 Å². The lowest BCUT2D eigenvalue weighted by molar-refractivity contribution is -0.138. The quantitative estimate of drug-likeness (QED) is 0.471. The smallest absolute Gasteiger partial charge is 0.335 e. The van der Waals surface area contributed by atoms with Gasteiger partial charge in [0, 0.05) is 6.20 Å². The third-order valence-electron chi connectivity index (χ3n) is 2.75. The number of esters is 1. The van der Waals surface area contributed by atoms with Crippen LogP contribution in [0.3, 0.4) is 0 Å². The maximum Gasteiger partial charge on any atom is 0.335 e. The molecule has 5 heteroatoms. The predicted molar refractivity (Wildman–Crippen MR) is 67.3 cm³/mol. The third kappa shape index (κ3) is 2.27. The average molecular weight is 259 g/mol. The fraction of sp³-hybridized carbons (Fsp3) is 0.214. The summed E-state index contributed by atoms with van der Waals surface area (Å²) < 4.78 is 4.81. The number of ether oxygens (including phenoxy) is 1. The summed E-state index contributed by atoms with van der Waals surface area (Å²) >= 11 is 0. The number of carbonyl (C=O) groups excluding carboxylic acids is 3. The Labute approximate surface area is 110 Å². The summed E-state index contributed by atoms with van der Waals surface area (Å²) in [6.45, 7) is 3.43. The molecule has 1 aromatic carbocycles. The fourth-order valence-corrected chi connectivity index (χ4v) is 1.82. The zero-order valence-electron chi connectivity index (χ0n) is 10.7. The monoisotopic (exact) mass is 259 g/mol. The standard InChI is InChI=1S/C14H13NO4/c1-3-19-14(18)9(2)8-15-12(16)10-6-4-5-7-11(10)13(15)17/h4-8H,3H2,1-2H3/b9-8+. The number of carbonyl (C=O) groups is 3. The number of rotatable bonds is 3. The van der Waals surface area contributed by atoms with E-state index in [-0.39, 0.29) is 12.2 Å². The molecule has 0 atom stereocenters. The molecule has 2 rings (SSSR count). The molecule has 0 aliphatic carbocycles. The zero-order valence-corrected chi connectivity index (χ0v) is 10.7. The van der Waals surface area contributed by atoms with Crippen molar-refractivity contribution in [1.82, 2.24) is 4.90 Å². The SMILES string of the molecule is CCOC(=O)/C(C)=C/N1C(=O)c2ccccc2C1=O. The molecule has 98 valence electrons. The summed E-state index contributed by atoms with van der Waals surface area (Å²) in [5.74, 6) is -1.40. The van der Waals surface area contributed by atoms with Crippen molar-refractivity contribution in [3.05, 3.63) is 47.2 Å². The zero-order chi connectivity index (χ0) is 14.0. The molecule has 0 spiro atoms. The molecule has 1 aliphatic rings. The third-order valence-corrected chi connectivity index (χ3v) is 2.75. The van der Waals surface area contributed by atoms with Gasteiger partial charge in [0.2, 0.25) is 0 Å². The van der Waals surface area contributed by atoms with Gasteiger partial charge in [-0.15, -0.1) is 0 Å². The molecule has 19 heavy (non-hydrogen) atoms. The minimum absolute atomic E-state index is 0.205. The molecule has 1 aliphatic heterocycles. The molecule has 0 saturated heterocycles. The second-order valence-electron chi connectivity index (χ2n) is 4.06. The Morgan fingerprint density at radius 2 is 1.74 bits per heavy atom. The van der Waals surface area contributed by atoms with E-state index in [1.807, 2.05) is 0 Å². The van der Waals surface area contributed by atoms with E-state index in [9.17, 15) is 14.4 Å². The van der Waals surface area contributed by atoms with Gasteiger partial charge in [0.15, 0.2) is 0 Å². The Morgan fingerprint density at radius 3 is 2.21 bits per heavy atom. The van der Waals surface area contributed by atoms with E-state index in [2.05, 4.69) is 0 Å². The summed E-state index contributed by atoms with van der Waals surface area (Å²) in [7, 11) is 0. The molecule has 1 heterocycles. The Hall–Kier alpha value is -2.43. The highest BCUT2D eigenvalue weighted by molar-refractivity contribution is 6.22. The summed E-state index contributed by atoms with van der Waals surface area (Å²) in [5.41, 5.74) is 0.900. The van der Waals surface area contributed by atoms with Crippen molar-refractivity contribution in [3.8, 4) is 0 Å². The van der Waals surface area contributed by atoms with Crippen LogP contribution in [-0.4, -0.2) is 29.3 Å². The molecule has 0 fully saturated rings. The van der Waals surface area contributed by atoms with Gasteiger partial charge < -0.3 is 4.74 Å². The van der Waals surface area contributed by atoms with E-state index < -0.39 is 17.8 Å². The van der Waals surface area contributed by atoms with Gasteiger partial charge in [-0.2, -0.15) is 0 Å². The first-order valence-corrected chi connectivity index (χ1v) is 5.88. The molecule has 0 radical (unpaired) electrons. The first-order chi connectivity index (χ1) is 9.06. The Bertz CT molecular complexity index is 554. The normalized spacial score (nSPS) is 14.6. The van der Waals surface area contributed by atoms with E-state index >= 15 is 0 Å². The lowest BCUT2D eigenvalue weighted by Crippen LogP contribution is -2.25. The number of amides is 2. The molecular formula is C14H13NO4. The number of hydrogen-bond donors (Lipinski definition) is 0. The molecule has 0 N–H and O–H groups in total. The van der Waals surface area contributed by atoms with Crippen LogP contribution in [0.2, 0.25) is 0 Å². The minimum Gasteiger partial charge on any atom is -0.463 e. The number of imide groups is 1. The highest BCUT2D eigenvalue weighted by Gasteiger charge is 2.34. The fourth-order valence-electron chi connectivity index (χ4n) is 1.82. The van der Waals surface area contributed by atoms with Crippen molar-refractivity contribution < 1.29 is 19.1 Å². The van der Waals surface area contributed by atoms with Gasteiger partial charge in [0.1, 0.15) is 0 Å². The van der Waals surface area contributed by atoms with E-state index in [4.69, 9.17) is 4.74 Å². The van der Waals surface area contributed by atoms with Crippen LogP contribution in [0.5, 0.6) is 0 Å². The number of benzene rings is 1. The van der Waals surface area contributed by atoms with Gasteiger partial charge in [0.05, 0.1) is 23.3 Å². The second kappa shape index (κ2) is 5.06. The predicted octanol–water partition coefficient (Wildman–Crippen LogP) is 1.75. The number of hydrogen-bond acceptors (Lipinski definition) is 4. The lowest BCUT2D eigenvalue weighted by Gasteiger charge is -2.09. The highest BCUT2D eigenvalue weighted by atomic mass is 16.5. The molecule has 5 nitrogen and oxygen atoms in total. The molecular weight excluding hydrogens is 246 g/mol. The molecule has 2 amide bonds. The maximum atomic E-state index is 12.0. The minimum atomic E-state index is -0.543. The van der Waals surface area contributed by atoms with Crippen molar-refractivity contribution in [2.24, 2.45) is 0 Å². The van der Waals surface area contributed by atoms with Gasteiger partial charge in [-0.25, -0.2) is 9.69 Å². The van der Waals surface area contributed by atoms with Gasteiger partial charge in [-0.1, -0.05) is 12.1 Å². The highest BCUT2D eigenvalue weighted by Crippen LogP contribution is 2.23. The first kappa shape index (κ1) is 13.0. The molecule has 0 saturated carbocycles. The average Bonchev–Trinajstić information content (AvgIpc) is 2.65. The van der Waals surface area contributed by atoms with Crippen LogP contribution < -0.4 is 0 Å². The van der Waals surface area contributed by atoms with Crippen LogP contribution in [0.1, 0.15) is 34.6 Å². The first-order valence-electron chi connectivity index (χ1n) is 5.88. The van der Waals surface area contributed by atoms with E-state index in [0.717, 1.165) is 4.90 Å². The Balaban J connectivity index is 2.30. The molecule has 0 bridgehead atoms. The van der Waals surface area contributed by atoms with Crippen molar-refractivity contribution in [1.29, 1.82) is 0 Å². The maximum absolute atomic E-state index is 12.0.